The highest BCUT2D eigenvalue weighted by Crippen LogP contribution is 2.37. The third kappa shape index (κ3) is 5.43. The maximum atomic E-state index is 6.04. The first-order valence-corrected chi connectivity index (χ1v) is 8.22. The largest absolute Gasteiger partial charge is 0.377 e. The van der Waals surface area contributed by atoms with Crippen LogP contribution in [-0.2, 0) is 4.74 Å². The van der Waals surface area contributed by atoms with Crippen molar-refractivity contribution in [2.75, 3.05) is 13.7 Å². The van der Waals surface area contributed by atoms with E-state index in [-0.39, 0.29) is 5.60 Å². The van der Waals surface area contributed by atoms with E-state index in [0.29, 0.717) is 11.5 Å². The Labute approximate surface area is 120 Å². The molecule has 1 N–H and O–H groups in total. The topological polar surface area (TPSA) is 21.3 Å². The van der Waals surface area contributed by atoms with E-state index in [4.69, 9.17) is 4.74 Å². The first-order chi connectivity index (χ1) is 8.93. The van der Waals surface area contributed by atoms with Gasteiger partial charge in [0.25, 0.3) is 0 Å². The molecule has 19 heavy (non-hydrogen) atoms. The molecule has 1 unspecified atom stereocenters. The monoisotopic (exact) mass is 269 g/mol. The van der Waals surface area contributed by atoms with E-state index in [2.05, 4.69) is 33.0 Å². The van der Waals surface area contributed by atoms with Crippen LogP contribution >= 0.6 is 0 Å². The summed E-state index contributed by atoms with van der Waals surface area (Å²) in [6.07, 6.45) is 10.2. The second-order valence-electron chi connectivity index (χ2n) is 7.44. The average molecular weight is 269 g/mol. The molecule has 0 amide bonds. The highest BCUT2D eigenvalue weighted by Gasteiger charge is 2.39. The van der Waals surface area contributed by atoms with Crippen LogP contribution in [0.15, 0.2) is 0 Å². The fourth-order valence-electron chi connectivity index (χ4n) is 3.29. The molecule has 1 atom stereocenters. The Balaban J connectivity index is 2.68. The maximum absolute atomic E-state index is 6.04. The SMILES string of the molecule is CCCNC(CCC(C)(C)C)C1(OC)CCCCC1. The Bertz CT molecular complexity index is 238. The van der Waals surface area contributed by atoms with Crippen LogP contribution in [0.5, 0.6) is 0 Å². The second-order valence-corrected chi connectivity index (χ2v) is 7.44. The number of nitrogens with one attached hydrogen (secondary N) is 1. The van der Waals surface area contributed by atoms with E-state index in [1.165, 1.54) is 51.4 Å². The van der Waals surface area contributed by atoms with Gasteiger partial charge in [-0.25, -0.2) is 0 Å². The van der Waals surface area contributed by atoms with Crippen LogP contribution in [0.4, 0.5) is 0 Å². The van der Waals surface area contributed by atoms with Gasteiger partial charge in [0.15, 0.2) is 0 Å². The Hall–Kier alpha value is -0.0800. The smallest absolute Gasteiger partial charge is 0.0830 e. The number of ether oxygens (including phenoxy) is 1. The molecule has 1 aliphatic carbocycles. The lowest BCUT2D eigenvalue weighted by Crippen LogP contribution is -2.53. The molecule has 0 saturated heterocycles. The Morgan fingerprint density at radius 1 is 1.16 bits per heavy atom. The minimum atomic E-state index is 0.0959. The molecule has 0 bridgehead atoms. The van der Waals surface area contributed by atoms with Crippen molar-refractivity contribution in [2.24, 2.45) is 5.41 Å². The van der Waals surface area contributed by atoms with Crippen molar-refractivity contribution in [1.82, 2.24) is 5.32 Å². The van der Waals surface area contributed by atoms with Gasteiger partial charge in [-0.05, 0) is 44.1 Å². The highest BCUT2D eigenvalue weighted by atomic mass is 16.5. The van der Waals surface area contributed by atoms with Crippen molar-refractivity contribution in [3.63, 3.8) is 0 Å². The number of hydrogen-bond donors (Lipinski definition) is 1. The standard InChI is InChI=1S/C17H35NO/c1-6-14-18-15(10-13-16(2,3)4)17(19-5)11-8-7-9-12-17/h15,18H,6-14H2,1-5H3. The van der Waals surface area contributed by atoms with Crippen molar-refractivity contribution in [3.05, 3.63) is 0 Å². The van der Waals surface area contributed by atoms with Gasteiger partial charge in [-0.15, -0.1) is 0 Å². The van der Waals surface area contributed by atoms with E-state index < -0.39 is 0 Å². The lowest BCUT2D eigenvalue weighted by Gasteiger charge is -2.44. The van der Waals surface area contributed by atoms with E-state index in [0.717, 1.165) is 6.54 Å². The highest BCUT2D eigenvalue weighted by molar-refractivity contribution is 4.95. The molecule has 0 heterocycles. The molecule has 0 spiro atoms. The Morgan fingerprint density at radius 2 is 1.79 bits per heavy atom. The third-order valence-corrected chi connectivity index (χ3v) is 4.57. The van der Waals surface area contributed by atoms with Crippen LogP contribution in [0.1, 0.15) is 79.1 Å². The van der Waals surface area contributed by atoms with Crippen molar-refractivity contribution in [3.8, 4) is 0 Å². The predicted octanol–water partition coefficient (Wildman–Crippen LogP) is 4.53. The van der Waals surface area contributed by atoms with Gasteiger partial charge in [0.2, 0.25) is 0 Å². The van der Waals surface area contributed by atoms with Gasteiger partial charge < -0.3 is 10.1 Å². The fraction of sp³-hybridized carbons (Fsp3) is 1.00. The van der Waals surface area contributed by atoms with Crippen LogP contribution in [0, 0.1) is 5.41 Å². The summed E-state index contributed by atoms with van der Waals surface area (Å²) in [4.78, 5) is 0. The molecule has 0 aromatic heterocycles. The molecular weight excluding hydrogens is 234 g/mol. The number of rotatable bonds is 7. The molecule has 114 valence electrons. The van der Waals surface area contributed by atoms with Crippen LogP contribution < -0.4 is 5.32 Å². The van der Waals surface area contributed by atoms with Gasteiger partial charge in [0.05, 0.1) is 5.60 Å². The van der Waals surface area contributed by atoms with E-state index in [1.807, 2.05) is 7.11 Å². The van der Waals surface area contributed by atoms with Crippen LogP contribution in [0.2, 0.25) is 0 Å². The van der Waals surface area contributed by atoms with E-state index in [9.17, 15) is 0 Å². The van der Waals surface area contributed by atoms with Gasteiger partial charge in [0, 0.05) is 13.2 Å². The quantitative estimate of drug-likeness (QED) is 0.733. The zero-order valence-electron chi connectivity index (χ0n) is 13.8. The molecule has 0 aromatic rings. The summed E-state index contributed by atoms with van der Waals surface area (Å²) in [6.45, 7) is 10.4. The van der Waals surface area contributed by atoms with Crippen molar-refractivity contribution in [2.45, 2.75) is 90.7 Å². The lowest BCUT2D eigenvalue weighted by molar-refractivity contribution is -0.0709. The minimum absolute atomic E-state index is 0.0959. The molecule has 0 radical (unpaired) electrons. The lowest BCUT2D eigenvalue weighted by atomic mass is 9.75. The molecule has 1 aliphatic rings. The second kappa shape index (κ2) is 7.64. The molecule has 1 rings (SSSR count). The van der Waals surface area contributed by atoms with Gasteiger partial charge in [-0.2, -0.15) is 0 Å². The van der Waals surface area contributed by atoms with Crippen LogP contribution in [-0.4, -0.2) is 25.3 Å². The normalized spacial score (nSPS) is 21.3. The summed E-state index contributed by atoms with van der Waals surface area (Å²) in [6, 6.07) is 0.525. The van der Waals surface area contributed by atoms with Gasteiger partial charge in [-0.1, -0.05) is 47.0 Å². The Morgan fingerprint density at radius 3 is 2.26 bits per heavy atom. The first kappa shape index (κ1) is 17.0. The summed E-state index contributed by atoms with van der Waals surface area (Å²) in [5.41, 5.74) is 0.508. The molecule has 2 heteroatoms. The van der Waals surface area contributed by atoms with Crippen molar-refractivity contribution < 1.29 is 4.74 Å². The zero-order valence-corrected chi connectivity index (χ0v) is 13.8. The number of hydrogen-bond acceptors (Lipinski definition) is 2. The minimum Gasteiger partial charge on any atom is -0.377 e. The summed E-state index contributed by atoms with van der Waals surface area (Å²) in [5.74, 6) is 0. The van der Waals surface area contributed by atoms with Crippen LogP contribution in [0.25, 0.3) is 0 Å². The van der Waals surface area contributed by atoms with E-state index in [1.54, 1.807) is 0 Å². The molecule has 1 saturated carbocycles. The summed E-state index contributed by atoms with van der Waals surface area (Å²) in [5, 5.41) is 3.78. The summed E-state index contributed by atoms with van der Waals surface area (Å²) >= 11 is 0. The van der Waals surface area contributed by atoms with Gasteiger partial charge in [-0.3, -0.25) is 0 Å². The van der Waals surface area contributed by atoms with Gasteiger partial charge >= 0.3 is 0 Å². The number of methoxy groups -OCH3 is 1. The first-order valence-electron chi connectivity index (χ1n) is 8.22. The van der Waals surface area contributed by atoms with Gasteiger partial charge in [0.1, 0.15) is 0 Å². The molecule has 1 fully saturated rings. The fourth-order valence-corrected chi connectivity index (χ4v) is 3.29. The summed E-state index contributed by atoms with van der Waals surface area (Å²) < 4.78 is 6.04. The molecule has 0 aliphatic heterocycles. The molecule has 0 aromatic carbocycles. The molecule has 2 nitrogen and oxygen atoms in total. The van der Waals surface area contributed by atoms with Crippen molar-refractivity contribution in [1.29, 1.82) is 0 Å². The third-order valence-electron chi connectivity index (χ3n) is 4.57. The zero-order chi connectivity index (χ0) is 14.4. The van der Waals surface area contributed by atoms with Crippen molar-refractivity contribution >= 4 is 0 Å². The maximum Gasteiger partial charge on any atom is 0.0830 e. The van der Waals surface area contributed by atoms with E-state index >= 15 is 0 Å². The Kier molecular flexibility index (Phi) is 6.82. The summed E-state index contributed by atoms with van der Waals surface area (Å²) in [7, 11) is 1.92. The molecular formula is C17H35NO. The average Bonchev–Trinajstić information content (AvgIpc) is 2.38. The van der Waals surface area contributed by atoms with Crippen LogP contribution in [0.3, 0.4) is 0 Å². The predicted molar refractivity (Wildman–Crippen MR) is 83.6 cm³/mol.